The number of nitrogens with one attached hydrogen (secondary N) is 1. The summed E-state index contributed by atoms with van der Waals surface area (Å²) >= 11 is 0. The molecule has 5 heteroatoms. The number of fused-ring (bicyclic) bond motifs is 1. The van der Waals surface area contributed by atoms with Gasteiger partial charge in [-0.3, -0.25) is 24.6 Å². The van der Waals surface area contributed by atoms with Crippen molar-refractivity contribution in [2.45, 2.75) is 39.7 Å². The molecule has 126 valence electrons. The van der Waals surface area contributed by atoms with Gasteiger partial charge in [0.05, 0.1) is 5.70 Å². The Morgan fingerprint density at radius 2 is 1.96 bits per heavy atom. The van der Waals surface area contributed by atoms with E-state index in [4.69, 9.17) is 0 Å². The lowest BCUT2D eigenvalue weighted by molar-refractivity contribution is -0.136. The summed E-state index contributed by atoms with van der Waals surface area (Å²) < 4.78 is 0. The van der Waals surface area contributed by atoms with Crippen LogP contribution < -0.4 is 15.8 Å². The lowest BCUT2D eigenvalue weighted by Gasteiger charge is -2.30. The fraction of sp³-hybridized carbons (Fsp3) is 0.316. The van der Waals surface area contributed by atoms with Gasteiger partial charge in [0.2, 0.25) is 11.8 Å². The molecule has 0 saturated carbocycles. The average molecular weight is 326 g/mol. The normalized spacial score (nSPS) is 20.4. The molecule has 1 unspecified atom stereocenters. The predicted molar refractivity (Wildman–Crippen MR) is 93.1 cm³/mol. The Bertz CT molecular complexity index is 824. The molecule has 3 rings (SSSR count). The number of imide groups is 1. The zero-order valence-corrected chi connectivity index (χ0v) is 14.3. The highest BCUT2D eigenvalue weighted by atomic mass is 16.2. The van der Waals surface area contributed by atoms with Gasteiger partial charge in [0.1, 0.15) is 6.04 Å². The maximum absolute atomic E-state index is 12.7. The molecule has 1 aromatic carbocycles. The van der Waals surface area contributed by atoms with Crippen molar-refractivity contribution in [3.63, 3.8) is 0 Å². The Kier molecular flexibility index (Phi) is 5.34. The van der Waals surface area contributed by atoms with Gasteiger partial charge in [-0.2, -0.15) is 0 Å². The minimum atomic E-state index is -0.671. The summed E-state index contributed by atoms with van der Waals surface area (Å²) in [6, 6.07) is 4.82. The zero-order chi connectivity index (χ0) is 17.9. The van der Waals surface area contributed by atoms with Crippen molar-refractivity contribution in [2.24, 2.45) is 0 Å². The highest BCUT2D eigenvalue weighted by Gasteiger charge is 2.39. The monoisotopic (exact) mass is 326 g/mol. The van der Waals surface area contributed by atoms with Crippen molar-refractivity contribution in [2.75, 3.05) is 0 Å². The Morgan fingerprint density at radius 1 is 1.25 bits per heavy atom. The molecule has 0 aromatic heterocycles. The Balaban J connectivity index is 0.00000100. The number of benzene rings is 1. The third kappa shape index (κ3) is 2.77. The minimum absolute atomic E-state index is 0.219. The van der Waals surface area contributed by atoms with Gasteiger partial charge in [0.25, 0.3) is 5.91 Å². The maximum atomic E-state index is 12.7. The first-order valence-electron chi connectivity index (χ1n) is 8.18. The van der Waals surface area contributed by atoms with Crippen LogP contribution in [-0.4, -0.2) is 28.7 Å². The molecule has 1 fully saturated rings. The van der Waals surface area contributed by atoms with Crippen LogP contribution in [0.1, 0.15) is 44.0 Å². The van der Waals surface area contributed by atoms with Crippen LogP contribution in [0.2, 0.25) is 0 Å². The van der Waals surface area contributed by atoms with E-state index < -0.39 is 11.9 Å². The van der Waals surface area contributed by atoms with E-state index in [-0.39, 0.29) is 18.2 Å². The van der Waals surface area contributed by atoms with E-state index in [0.29, 0.717) is 17.7 Å². The molecule has 5 nitrogen and oxygen atoms in total. The molecule has 1 atom stereocenters. The number of hydrogen-bond acceptors (Lipinski definition) is 3. The number of amides is 3. The van der Waals surface area contributed by atoms with Gasteiger partial charge in [-0.25, -0.2) is 0 Å². The summed E-state index contributed by atoms with van der Waals surface area (Å²) in [6.45, 7) is 9.69. The van der Waals surface area contributed by atoms with Crippen LogP contribution in [0.4, 0.5) is 0 Å². The number of nitrogens with zero attached hydrogens (tertiary/aromatic N) is 1. The Morgan fingerprint density at radius 3 is 2.54 bits per heavy atom. The van der Waals surface area contributed by atoms with Crippen LogP contribution in [-0.2, 0) is 9.59 Å². The van der Waals surface area contributed by atoms with Gasteiger partial charge in [-0.15, -0.1) is 0 Å². The van der Waals surface area contributed by atoms with Crippen molar-refractivity contribution in [1.29, 1.82) is 0 Å². The summed E-state index contributed by atoms with van der Waals surface area (Å²) in [5.41, 5.74) is 1.19. The summed E-state index contributed by atoms with van der Waals surface area (Å²) in [4.78, 5) is 37.6. The first-order valence-corrected chi connectivity index (χ1v) is 8.18. The topological polar surface area (TPSA) is 66.5 Å². The summed E-state index contributed by atoms with van der Waals surface area (Å²) in [5.74, 6) is -0.949. The average Bonchev–Trinajstić information content (AvgIpc) is 2.89. The highest BCUT2D eigenvalue weighted by molar-refractivity contribution is 6.09. The van der Waals surface area contributed by atoms with Crippen molar-refractivity contribution >= 4 is 29.5 Å². The fourth-order valence-corrected chi connectivity index (χ4v) is 3.07. The Labute approximate surface area is 141 Å². The molecule has 2 aliphatic rings. The van der Waals surface area contributed by atoms with E-state index >= 15 is 0 Å². The van der Waals surface area contributed by atoms with Gasteiger partial charge in [0.15, 0.2) is 0 Å². The van der Waals surface area contributed by atoms with Crippen LogP contribution in [0.15, 0.2) is 30.9 Å². The quantitative estimate of drug-likeness (QED) is 0.827. The number of carbonyl (C=O) groups is 3. The standard InChI is InChI=1S/C17H16N2O3.C2H6/c1-3-10-6-5-7-11-15(10)12(4-2)19(17(11)22)13-8-9-14(20)18-16(13)21;1-2/h3-7,13H,2,8-9H2,1H3,(H,18,20,21);1-2H3/b10-3-;. The molecule has 0 aliphatic carbocycles. The second-order valence-electron chi connectivity index (χ2n) is 5.29. The summed E-state index contributed by atoms with van der Waals surface area (Å²) in [6.07, 6.45) is 4.07. The van der Waals surface area contributed by atoms with E-state index in [1.54, 1.807) is 12.1 Å². The molecule has 2 aliphatic heterocycles. The lowest BCUT2D eigenvalue weighted by Crippen LogP contribution is -2.52. The highest BCUT2D eigenvalue weighted by Crippen LogP contribution is 2.24. The fourth-order valence-electron chi connectivity index (χ4n) is 3.07. The smallest absolute Gasteiger partial charge is 0.259 e. The van der Waals surface area contributed by atoms with E-state index in [0.717, 1.165) is 10.4 Å². The molecule has 1 N–H and O–H groups in total. The largest absolute Gasteiger partial charge is 0.295 e. The van der Waals surface area contributed by atoms with Crippen molar-refractivity contribution in [3.8, 4) is 0 Å². The molecule has 0 bridgehead atoms. The first-order chi connectivity index (χ1) is 11.6. The van der Waals surface area contributed by atoms with E-state index in [2.05, 4.69) is 11.9 Å². The van der Waals surface area contributed by atoms with Gasteiger partial charge < -0.3 is 0 Å². The SMILES string of the molecule is C=CC1=c2c(ccc/c2=C/C)C(=O)N1C1CCC(=O)NC1=O.CC. The Hall–Kier alpha value is -2.69. The second kappa shape index (κ2) is 7.25. The van der Waals surface area contributed by atoms with E-state index in [1.165, 1.54) is 4.90 Å². The second-order valence-corrected chi connectivity index (χ2v) is 5.29. The van der Waals surface area contributed by atoms with Crippen LogP contribution in [0, 0.1) is 0 Å². The molecular weight excluding hydrogens is 304 g/mol. The number of hydrogen-bond donors (Lipinski definition) is 1. The molecule has 0 radical (unpaired) electrons. The van der Waals surface area contributed by atoms with Crippen LogP contribution in [0.3, 0.4) is 0 Å². The summed E-state index contributed by atoms with van der Waals surface area (Å²) in [7, 11) is 0. The number of carbonyl (C=O) groups excluding carboxylic acids is 3. The molecule has 0 spiro atoms. The van der Waals surface area contributed by atoms with Crippen molar-refractivity contribution in [1.82, 2.24) is 10.2 Å². The number of piperidine rings is 1. The first kappa shape index (κ1) is 17.7. The van der Waals surface area contributed by atoms with Crippen LogP contribution in [0.25, 0.3) is 11.8 Å². The van der Waals surface area contributed by atoms with Crippen molar-refractivity contribution in [3.05, 3.63) is 46.9 Å². The molecule has 1 saturated heterocycles. The van der Waals surface area contributed by atoms with Gasteiger partial charge in [0, 0.05) is 17.2 Å². The minimum Gasteiger partial charge on any atom is -0.295 e. The molecule has 2 heterocycles. The molecular formula is C19H22N2O3. The van der Waals surface area contributed by atoms with Gasteiger partial charge in [-0.05, 0) is 30.7 Å². The predicted octanol–water partition coefficient (Wildman–Crippen LogP) is 1.07. The maximum Gasteiger partial charge on any atom is 0.259 e. The number of rotatable bonds is 2. The van der Waals surface area contributed by atoms with Gasteiger partial charge >= 0.3 is 0 Å². The van der Waals surface area contributed by atoms with E-state index in [1.807, 2.05) is 39.0 Å². The third-order valence-electron chi connectivity index (χ3n) is 4.09. The van der Waals surface area contributed by atoms with Crippen LogP contribution in [0.5, 0.6) is 0 Å². The van der Waals surface area contributed by atoms with Gasteiger partial charge in [-0.1, -0.05) is 38.6 Å². The van der Waals surface area contributed by atoms with Crippen molar-refractivity contribution < 1.29 is 14.4 Å². The van der Waals surface area contributed by atoms with E-state index in [9.17, 15) is 14.4 Å². The van der Waals surface area contributed by atoms with Crippen LogP contribution >= 0.6 is 0 Å². The molecule has 1 aromatic rings. The lowest BCUT2D eigenvalue weighted by atomic mass is 10.0. The zero-order valence-electron chi connectivity index (χ0n) is 14.3. The summed E-state index contributed by atoms with van der Waals surface area (Å²) in [5, 5.41) is 4.03. The third-order valence-corrected chi connectivity index (χ3v) is 4.09. The molecule has 3 amide bonds. The molecule has 24 heavy (non-hydrogen) atoms.